The Hall–Kier alpha value is -3.05. The van der Waals surface area contributed by atoms with Gasteiger partial charge in [-0.3, -0.25) is 0 Å². The second kappa shape index (κ2) is 8.00. The summed E-state index contributed by atoms with van der Waals surface area (Å²) in [7, 11) is 0. The maximum atomic E-state index is 12.8. The highest BCUT2D eigenvalue weighted by Crippen LogP contribution is 2.35. The molecule has 1 aliphatic rings. The van der Waals surface area contributed by atoms with Crippen LogP contribution in [0.1, 0.15) is 31.4 Å². The molecular formula is C22H21F3N4O. The van der Waals surface area contributed by atoms with Gasteiger partial charge in [-0.05, 0) is 55.0 Å². The first-order valence-corrected chi connectivity index (χ1v) is 9.82. The van der Waals surface area contributed by atoms with E-state index in [9.17, 15) is 18.3 Å². The van der Waals surface area contributed by atoms with Crippen LogP contribution in [-0.4, -0.2) is 32.8 Å². The zero-order valence-electron chi connectivity index (χ0n) is 16.2. The zero-order valence-corrected chi connectivity index (χ0v) is 16.2. The number of aromatic nitrogens is 2. The quantitative estimate of drug-likeness (QED) is 0.564. The van der Waals surface area contributed by atoms with Crippen LogP contribution in [0, 0.1) is 6.57 Å². The van der Waals surface area contributed by atoms with E-state index in [2.05, 4.69) is 15.1 Å². The van der Waals surface area contributed by atoms with Crippen molar-refractivity contribution in [2.75, 3.05) is 5.32 Å². The molecule has 0 bridgehead atoms. The summed E-state index contributed by atoms with van der Waals surface area (Å²) >= 11 is 0. The predicted octanol–water partition coefficient (Wildman–Crippen LogP) is 5.37. The van der Waals surface area contributed by atoms with E-state index in [4.69, 9.17) is 6.57 Å². The second-order valence-electron chi connectivity index (χ2n) is 7.65. The number of rotatable bonds is 4. The SMILES string of the molecule is [C-]#[N+]c1c(-c2ccc(N[C@H]3CC[C@H](O)CC3)cc2)ccn2c(CC(F)(F)F)cnc12. The van der Waals surface area contributed by atoms with Crippen LogP contribution in [0.3, 0.4) is 0 Å². The van der Waals surface area contributed by atoms with E-state index >= 15 is 0 Å². The van der Waals surface area contributed by atoms with Crippen molar-refractivity contribution in [1.29, 1.82) is 0 Å². The summed E-state index contributed by atoms with van der Waals surface area (Å²) in [4.78, 5) is 7.63. The molecule has 30 heavy (non-hydrogen) atoms. The van der Waals surface area contributed by atoms with E-state index < -0.39 is 12.6 Å². The summed E-state index contributed by atoms with van der Waals surface area (Å²) in [5, 5.41) is 13.1. The van der Waals surface area contributed by atoms with Gasteiger partial charge in [0.1, 0.15) is 5.65 Å². The van der Waals surface area contributed by atoms with Gasteiger partial charge in [-0.15, -0.1) is 0 Å². The third-order valence-corrected chi connectivity index (χ3v) is 5.49. The molecule has 0 amide bonds. The summed E-state index contributed by atoms with van der Waals surface area (Å²) in [5.41, 5.74) is 2.85. The van der Waals surface area contributed by atoms with Gasteiger partial charge in [-0.25, -0.2) is 9.83 Å². The number of nitrogens with one attached hydrogen (secondary N) is 1. The van der Waals surface area contributed by atoms with E-state index in [1.54, 1.807) is 6.07 Å². The first-order chi connectivity index (χ1) is 14.3. The molecule has 1 aliphatic carbocycles. The van der Waals surface area contributed by atoms with Gasteiger partial charge in [0.2, 0.25) is 5.69 Å². The Kier molecular flexibility index (Phi) is 5.39. The van der Waals surface area contributed by atoms with Gasteiger partial charge in [0.25, 0.3) is 0 Å². The monoisotopic (exact) mass is 414 g/mol. The molecule has 2 heterocycles. The highest BCUT2D eigenvalue weighted by Gasteiger charge is 2.29. The van der Waals surface area contributed by atoms with Crippen molar-refractivity contribution in [2.24, 2.45) is 0 Å². The molecule has 2 N–H and O–H groups in total. The van der Waals surface area contributed by atoms with Crippen LogP contribution in [0.15, 0.2) is 42.7 Å². The average molecular weight is 414 g/mol. The number of nitrogens with zero attached hydrogens (tertiary/aromatic N) is 3. The van der Waals surface area contributed by atoms with Gasteiger partial charge in [0, 0.05) is 24.1 Å². The number of hydrogen-bond acceptors (Lipinski definition) is 3. The molecule has 5 nitrogen and oxygen atoms in total. The van der Waals surface area contributed by atoms with Crippen molar-refractivity contribution in [3.63, 3.8) is 0 Å². The van der Waals surface area contributed by atoms with Crippen LogP contribution >= 0.6 is 0 Å². The summed E-state index contributed by atoms with van der Waals surface area (Å²) in [6.45, 7) is 7.55. The van der Waals surface area contributed by atoms with Gasteiger partial charge in [0.05, 0.1) is 24.8 Å². The maximum absolute atomic E-state index is 12.8. The van der Waals surface area contributed by atoms with Gasteiger partial charge in [-0.1, -0.05) is 12.1 Å². The van der Waals surface area contributed by atoms with Crippen LogP contribution in [0.4, 0.5) is 24.5 Å². The number of benzene rings is 1. The van der Waals surface area contributed by atoms with Crippen molar-refractivity contribution >= 4 is 17.0 Å². The zero-order chi connectivity index (χ0) is 21.3. The van der Waals surface area contributed by atoms with Gasteiger partial charge in [0.15, 0.2) is 0 Å². The fourth-order valence-electron chi connectivity index (χ4n) is 3.97. The molecule has 1 saturated carbocycles. The fraction of sp³-hybridized carbons (Fsp3) is 0.364. The molecule has 0 unspecified atom stereocenters. The minimum Gasteiger partial charge on any atom is -0.393 e. The molecule has 1 fully saturated rings. The summed E-state index contributed by atoms with van der Waals surface area (Å²) in [6, 6.07) is 9.62. The van der Waals surface area contributed by atoms with Crippen molar-refractivity contribution in [1.82, 2.24) is 9.38 Å². The van der Waals surface area contributed by atoms with Crippen LogP contribution in [0.2, 0.25) is 0 Å². The molecule has 0 spiro atoms. The number of anilines is 1. The molecule has 0 radical (unpaired) electrons. The number of aliphatic hydroxyl groups excluding tert-OH is 1. The normalized spacial score (nSPS) is 19.6. The third kappa shape index (κ3) is 4.26. The molecular weight excluding hydrogens is 393 g/mol. The highest BCUT2D eigenvalue weighted by atomic mass is 19.4. The summed E-state index contributed by atoms with van der Waals surface area (Å²) in [6.07, 6.45) is 0.503. The van der Waals surface area contributed by atoms with E-state index in [0.29, 0.717) is 11.6 Å². The Bertz CT molecular complexity index is 1070. The minimum atomic E-state index is -4.34. The molecule has 156 valence electrons. The Morgan fingerprint density at radius 1 is 1.13 bits per heavy atom. The molecule has 1 aromatic carbocycles. The third-order valence-electron chi connectivity index (χ3n) is 5.49. The number of alkyl halides is 3. The van der Waals surface area contributed by atoms with Crippen molar-refractivity contribution in [3.05, 3.63) is 59.8 Å². The number of hydrogen-bond donors (Lipinski definition) is 2. The Morgan fingerprint density at radius 3 is 2.47 bits per heavy atom. The molecule has 0 atom stereocenters. The van der Waals surface area contributed by atoms with E-state index in [0.717, 1.165) is 36.9 Å². The summed E-state index contributed by atoms with van der Waals surface area (Å²) in [5.74, 6) is 0. The lowest BCUT2D eigenvalue weighted by atomic mass is 9.93. The highest BCUT2D eigenvalue weighted by molar-refractivity contribution is 5.88. The Balaban J connectivity index is 1.59. The first-order valence-electron chi connectivity index (χ1n) is 9.82. The molecule has 0 aliphatic heterocycles. The second-order valence-corrected chi connectivity index (χ2v) is 7.65. The summed E-state index contributed by atoms with van der Waals surface area (Å²) < 4.78 is 39.7. The minimum absolute atomic E-state index is 0.00565. The number of halogens is 3. The largest absolute Gasteiger partial charge is 0.394 e. The van der Waals surface area contributed by atoms with Crippen LogP contribution in [0.5, 0.6) is 0 Å². The van der Waals surface area contributed by atoms with Crippen LogP contribution in [-0.2, 0) is 6.42 Å². The Labute approximate surface area is 172 Å². The van der Waals surface area contributed by atoms with Crippen molar-refractivity contribution in [2.45, 2.75) is 50.4 Å². The van der Waals surface area contributed by atoms with E-state index in [1.807, 2.05) is 24.3 Å². The maximum Gasteiger partial charge on any atom is 0.394 e. The molecule has 8 heteroatoms. The van der Waals surface area contributed by atoms with Gasteiger partial charge in [-0.2, -0.15) is 13.2 Å². The molecule has 2 aromatic heterocycles. The van der Waals surface area contributed by atoms with Crippen LogP contribution < -0.4 is 5.32 Å². The Morgan fingerprint density at radius 2 is 1.83 bits per heavy atom. The predicted molar refractivity (Wildman–Crippen MR) is 109 cm³/mol. The topological polar surface area (TPSA) is 53.9 Å². The number of aliphatic hydroxyl groups is 1. The number of imidazole rings is 1. The molecule has 0 saturated heterocycles. The lowest BCUT2D eigenvalue weighted by Crippen LogP contribution is -2.28. The lowest BCUT2D eigenvalue weighted by Gasteiger charge is -2.27. The smallest absolute Gasteiger partial charge is 0.393 e. The van der Waals surface area contributed by atoms with Crippen molar-refractivity contribution < 1.29 is 18.3 Å². The van der Waals surface area contributed by atoms with E-state index in [-0.39, 0.29) is 23.1 Å². The van der Waals surface area contributed by atoms with Gasteiger partial charge >= 0.3 is 6.18 Å². The van der Waals surface area contributed by atoms with Gasteiger partial charge < -0.3 is 14.8 Å². The number of pyridine rings is 1. The molecule has 4 rings (SSSR count). The molecule has 3 aromatic rings. The average Bonchev–Trinajstić information content (AvgIpc) is 3.11. The lowest BCUT2D eigenvalue weighted by molar-refractivity contribution is -0.127. The standard InChI is InChI=1S/C22H21F3N4O/c1-26-20-19(10-11-29-17(12-22(23,24)25)13-27-21(20)29)14-2-4-15(5-3-14)28-16-6-8-18(30)9-7-16/h2-5,10-11,13,16,18,28,30H,6-9,12H2/t16-,18-. The fourth-order valence-corrected chi connectivity index (χ4v) is 3.97. The van der Waals surface area contributed by atoms with Crippen LogP contribution in [0.25, 0.3) is 21.6 Å². The number of fused-ring (bicyclic) bond motifs is 1. The van der Waals surface area contributed by atoms with E-state index in [1.165, 1.54) is 16.8 Å². The van der Waals surface area contributed by atoms with Crippen molar-refractivity contribution in [3.8, 4) is 11.1 Å². The first kappa shape index (κ1) is 20.2.